The van der Waals surface area contributed by atoms with Crippen LogP contribution >= 0.6 is 34.7 Å². The number of benzene rings is 1. The van der Waals surface area contributed by atoms with Crippen LogP contribution in [-0.2, 0) is 14.9 Å². The number of nitrogens with zero attached hydrogens (tertiary/aromatic N) is 4. The molecule has 172 valence electrons. The number of allylic oxidation sites excluding steroid dienone is 1. The molecule has 0 bridgehead atoms. The van der Waals surface area contributed by atoms with Crippen molar-refractivity contribution < 1.29 is 14.0 Å². The largest absolute Gasteiger partial charge is 0.378 e. The van der Waals surface area contributed by atoms with E-state index < -0.39 is 0 Å². The average molecular weight is 502 g/mol. The number of hydrogen-bond acceptors (Lipinski definition) is 6. The number of amidine groups is 1. The Morgan fingerprint density at radius 2 is 1.73 bits per heavy atom. The zero-order valence-corrected chi connectivity index (χ0v) is 21.2. The van der Waals surface area contributed by atoms with E-state index in [1.165, 1.54) is 15.4 Å². The van der Waals surface area contributed by atoms with Crippen LogP contribution in [0, 0.1) is 0 Å². The van der Waals surface area contributed by atoms with Crippen molar-refractivity contribution in [3.05, 3.63) is 50.3 Å². The second kappa shape index (κ2) is 8.50. The number of aromatic nitrogens is 1. The van der Waals surface area contributed by atoms with Gasteiger partial charge in [0, 0.05) is 35.4 Å². The molecule has 0 atom stereocenters. The van der Waals surface area contributed by atoms with Crippen LogP contribution in [-0.4, -0.2) is 73.0 Å². The first-order valence-electron chi connectivity index (χ1n) is 11.3. The highest BCUT2D eigenvalue weighted by molar-refractivity contribution is 8.18. The van der Waals surface area contributed by atoms with Gasteiger partial charge in [-0.25, -0.2) is 9.56 Å². The SMILES string of the molecule is CC1(C)C2=NC(=[N+]3CCOCC3)SC2=C(c2ccc(Cl)cc2)c2sc(N3CCOCC3)nc21. The number of fused-ring (bicyclic) bond motifs is 2. The number of hydrogen-bond donors (Lipinski definition) is 0. The number of halogens is 1. The van der Waals surface area contributed by atoms with Crippen LogP contribution in [0.2, 0.25) is 5.02 Å². The van der Waals surface area contributed by atoms with Crippen molar-refractivity contribution in [2.24, 2.45) is 4.99 Å². The number of ether oxygens (including phenoxy) is 2. The van der Waals surface area contributed by atoms with Crippen molar-refractivity contribution in [3.63, 3.8) is 0 Å². The van der Waals surface area contributed by atoms with Crippen LogP contribution in [0.15, 0.2) is 34.2 Å². The average Bonchev–Trinajstić information content (AvgIpc) is 3.48. The van der Waals surface area contributed by atoms with E-state index in [9.17, 15) is 0 Å². The maximum atomic E-state index is 6.24. The molecule has 6 nitrogen and oxygen atoms in total. The lowest BCUT2D eigenvalue weighted by atomic mass is 9.76. The molecular weight excluding hydrogens is 476 g/mol. The molecule has 2 fully saturated rings. The molecule has 2 aromatic rings. The standard InChI is InChI=1S/C24H26ClN4O2S2/c1-24(2)20-18(32-22(26-20)28-7-11-30-12-8-28)17(15-3-5-16(25)6-4-15)19-21(24)27-23(33-19)29-9-13-31-14-10-29/h3-6H,7-14H2,1-2H3/q+1. The molecule has 0 radical (unpaired) electrons. The molecule has 0 amide bonds. The summed E-state index contributed by atoms with van der Waals surface area (Å²) in [5.41, 5.74) is 4.34. The van der Waals surface area contributed by atoms with Gasteiger partial charge < -0.3 is 14.4 Å². The quantitative estimate of drug-likeness (QED) is 0.575. The predicted octanol–water partition coefficient (Wildman–Crippen LogP) is 4.27. The van der Waals surface area contributed by atoms with Crippen molar-refractivity contribution in [2.75, 3.05) is 57.5 Å². The van der Waals surface area contributed by atoms with Crippen LogP contribution in [0.1, 0.15) is 30.0 Å². The summed E-state index contributed by atoms with van der Waals surface area (Å²) in [4.78, 5) is 15.3. The van der Waals surface area contributed by atoms with Gasteiger partial charge in [0.2, 0.25) is 0 Å². The van der Waals surface area contributed by atoms with E-state index in [2.05, 4.69) is 35.5 Å². The molecule has 0 unspecified atom stereocenters. The van der Waals surface area contributed by atoms with Gasteiger partial charge in [-0.05, 0) is 36.5 Å². The summed E-state index contributed by atoms with van der Waals surface area (Å²) in [6.45, 7) is 11.0. The first-order valence-corrected chi connectivity index (χ1v) is 13.3. The fraction of sp³-hybridized carbons (Fsp3) is 0.458. The molecule has 0 saturated carbocycles. The van der Waals surface area contributed by atoms with E-state index in [4.69, 9.17) is 31.1 Å². The van der Waals surface area contributed by atoms with Gasteiger partial charge >= 0.3 is 5.17 Å². The molecular formula is C24H26ClN4O2S2+. The second-order valence-corrected chi connectivity index (χ2v) is 11.4. The predicted molar refractivity (Wildman–Crippen MR) is 136 cm³/mol. The van der Waals surface area contributed by atoms with Crippen LogP contribution < -0.4 is 4.90 Å². The molecule has 2 saturated heterocycles. The van der Waals surface area contributed by atoms with Gasteiger partial charge in [0.1, 0.15) is 13.1 Å². The highest BCUT2D eigenvalue weighted by Crippen LogP contribution is 2.52. The number of rotatable bonds is 2. The van der Waals surface area contributed by atoms with Crippen molar-refractivity contribution in [1.82, 2.24) is 4.98 Å². The van der Waals surface area contributed by atoms with Crippen LogP contribution in [0.25, 0.3) is 5.57 Å². The van der Waals surface area contributed by atoms with Crippen LogP contribution in [0.4, 0.5) is 5.13 Å². The Kier molecular flexibility index (Phi) is 5.62. The molecule has 1 aromatic carbocycles. The van der Waals surface area contributed by atoms with E-state index in [0.29, 0.717) is 0 Å². The van der Waals surface area contributed by atoms with E-state index in [0.717, 1.165) is 84.9 Å². The van der Waals surface area contributed by atoms with E-state index in [1.807, 2.05) is 12.1 Å². The number of thioether (sulfide) groups is 1. The number of morpholine rings is 2. The lowest BCUT2D eigenvalue weighted by Crippen LogP contribution is -2.36. The van der Waals surface area contributed by atoms with E-state index in [1.54, 1.807) is 23.1 Å². The first kappa shape index (κ1) is 21.8. The minimum atomic E-state index is -0.275. The fourth-order valence-corrected chi connectivity index (χ4v) is 7.57. The number of thiazole rings is 1. The second-order valence-electron chi connectivity index (χ2n) is 9.05. The summed E-state index contributed by atoms with van der Waals surface area (Å²) in [5.74, 6) is 0. The van der Waals surface area contributed by atoms with Crippen molar-refractivity contribution in [3.8, 4) is 0 Å². The molecule has 0 N–H and O–H groups in total. The lowest BCUT2D eigenvalue weighted by Gasteiger charge is -2.28. The Morgan fingerprint density at radius 1 is 1.03 bits per heavy atom. The molecule has 1 aromatic heterocycles. The lowest BCUT2D eigenvalue weighted by molar-refractivity contribution is -0.547. The first-order chi connectivity index (χ1) is 16.0. The maximum absolute atomic E-state index is 6.24. The summed E-state index contributed by atoms with van der Waals surface area (Å²) in [6.07, 6.45) is 0. The Morgan fingerprint density at radius 3 is 2.45 bits per heavy atom. The normalized spacial score (nSPS) is 22.4. The maximum Gasteiger partial charge on any atom is 0.360 e. The third-order valence-electron chi connectivity index (χ3n) is 6.57. The Bertz CT molecular complexity index is 1190. The molecule has 4 heterocycles. The zero-order chi connectivity index (χ0) is 22.6. The van der Waals surface area contributed by atoms with Crippen molar-refractivity contribution >= 4 is 56.3 Å². The molecule has 33 heavy (non-hydrogen) atoms. The Balaban J connectivity index is 1.53. The van der Waals surface area contributed by atoms with Crippen molar-refractivity contribution in [2.45, 2.75) is 19.3 Å². The van der Waals surface area contributed by atoms with Crippen LogP contribution in [0.3, 0.4) is 0 Å². The number of anilines is 1. The minimum absolute atomic E-state index is 0.275. The van der Waals surface area contributed by atoms with Gasteiger partial charge in [0.05, 0.1) is 47.3 Å². The fourth-order valence-electron chi connectivity index (χ4n) is 4.68. The summed E-state index contributed by atoms with van der Waals surface area (Å²) in [5, 5.41) is 2.89. The highest BCUT2D eigenvalue weighted by Gasteiger charge is 2.50. The summed E-state index contributed by atoms with van der Waals surface area (Å²) in [7, 11) is 0. The molecule has 4 aliphatic rings. The van der Waals surface area contributed by atoms with Gasteiger partial charge in [0.15, 0.2) is 10.8 Å². The highest BCUT2D eigenvalue weighted by atomic mass is 35.5. The zero-order valence-electron chi connectivity index (χ0n) is 18.8. The molecule has 9 heteroatoms. The van der Waals surface area contributed by atoms with E-state index >= 15 is 0 Å². The summed E-state index contributed by atoms with van der Waals surface area (Å²) >= 11 is 9.83. The summed E-state index contributed by atoms with van der Waals surface area (Å²) < 4.78 is 13.5. The third kappa shape index (κ3) is 3.76. The Hall–Kier alpha value is -1.71. The molecule has 6 rings (SSSR count). The minimum Gasteiger partial charge on any atom is -0.378 e. The van der Waals surface area contributed by atoms with E-state index in [-0.39, 0.29) is 5.41 Å². The number of aliphatic imine (C=N–C) groups is 1. The van der Waals surface area contributed by atoms with Crippen molar-refractivity contribution in [1.29, 1.82) is 0 Å². The molecule has 1 aliphatic carbocycles. The Labute approximate surface area is 207 Å². The summed E-state index contributed by atoms with van der Waals surface area (Å²) in [6, 6.07) is 8.17. The van der Waals surface area contributed by atoms with Gasteiger partial charge in [-0.3, -0.25) is 0 Å². The van der Waals surface area contributed by atoms with Gasteiger partial charge in [-0.15, -0.1) is 0 Å². The molecule has 3 aliphatic heterocycles. The smallest absolute Gasteiger partial charge is 0.360 e. The third-order valence-corrected chi connectivity index (χ3v) is 9.09. The topological polar surface area (TPSA) is 50.0 Å². The van der Waals surface area contributed by atoms with Gasteiger partial charge in [0.25, 0.3) is 0 Å². The van der Waals surface area contributed by atoms with Gasteiger partial charge in [-0.1, -0.05) is 35.1 Å². The molecule has 0 spiro atoms. The van der Waals surface area contributed by atoms with Gasteiger partial charge in [-0.2, -0.15) is 0 Å². The van der Waals surface area contributed by atoms with Crippen LogP contribution in [0.5, 0.6) is 0 Å². The monoisotopic (exact) mass is 501 g/mol.